The Morgan fingerprint density at radius 2 is 1.71 bits per heavy atom. The first kappa shape index (κ1) is 17.4. The van der Waals surface area contributed by atoms with Crippen molar-refractivity contribution in [2.75, 3.05) is 11.9 Å². The van der Waals surface area contributed by atoms with Gasteiger partial charge in [0.1, 0.15) is 0 Å². The molecule has 28 heavy (non-hydrogen) atoms. The van der Waals surface area contributed by atoms with E-state index in [4.69, 9.17) is 16.6 Å². The smallest absolute Gasteiger partial charge is 0.213 e. The van der Waals surface area contributed by atoms with Crippen molar-refractivity contribution in [2.24, 2.45) is 0 Å². The zero-order chi connectivity index (χ0) is 19.1. The van der Waals surface area contributed by atoms with Gasteiger partial charge in [0.25, 0.3) is 0 Å². The number of benzene rings is 2. The van der Waals surface area contributed by atoms with E-state index >= 15 is 0 Å². The molecule has 0 radical (unpaired) electrons. The van der Waals surface area contributed by atoms with Crippen molar-refractivity contribution in [1.29, 1.82) is 0 Å². The van der Waals surface area contributed by atoms with E-state index in [9.17, 15) is 0 Å². The summed E-state index contributed by atoms with van der Waals surface area (Å²) in [6.07, 6.45) is 6.24. The monoisotopic (exact) mass is 391 g/mol. The summed E-state index contributed by atoms with van der Waals surface area (Å²) in [4.78, 5) is 7.34. The van der Waals surface area contributed by atoms with E-state index in [1.165, 1.54) is 32.1 Å². The molecule has 1 aliphatic carbocycles. The van der Waals surface area contributed by atoms with Crippen molar-refractivity contribution in [3.63, 3.8) is 0 Å². The third kappa shape index (κ3) is 2.81. The number of hydrogen-bond acceptors (Lipinski definition) is 4. The molecule has 6 heteroatoms. The fraction of sp³-hybridized carbons (Fsp3) is 0.318. The quantitative estimate of drug-likeness (QED) is 0.471. The second kappa shape index (κ2) is 7.06. The molecule has 2 aromatic carbocycles. The van der Waals surface area contributed by atoms with Crippen LogP contribution in [0.15, 0.2) is 48.5 Å². The van der Waals surface area contributed by atoms with Crippen LogP contribution in [0.3, 0.4) is 0 Å². The molecule has 142 valence electrons. The maximum absolute atomic E-state index is 6.50. The number of para-hydroxylation sites is 1. The molecule has 5 rings (SSSR count). The molecule has 0 saturated heterocycles. The van der Waals surface area contributed by atoms with Crippen molar-refractivity contribution in [3.8, 4) is 11.4 Å². The highest BCUT2D eigenvalue weighted by Gasteiger charge is 2.25. The van der Waals surface area contributed by atoms with Crippen molar-refractivity contribution in [3.05, 3.63) is 53.6 Å². The molecule has 0 unspecified atom stereocenters. The van der Waals surface area contributed by atoms with Crippen LogP contribution in [0.4, 0.5) is 5.95 Å². The van der Waals surface area contributed by atoms with Crippen molar-refractivity contribution in [1.82, 2.24) is 19.6 Å². The Morgan fingerprint density at radius 1 is 0.964 bits per heavy atom. The second-order valence-electron chi connectivity index (χ2n) is 7.49. The molecular weight excluding hydrogens is 370 g/mol. The molecule has 0 amide bonds. The molecule has 2 heterocycles. The van der Waals surface area contributed by atoms with Gasteiger partial charge >= 0.3 is 0 Å². The van der Waals surface area contributed by atoms with Gasteiger partial charge < -0.3 is 4.90 Å². The lowest BCUT2D eigenvalue weighted by molar-refractivity contribution is 0.423. The summed E-state index contributed by atoms with van der Waals surface area (Å²) >= 11 is 6.50. The van der Waals surface area contributed by atoms with Crippen LogP contribution in [-0.2, 0) is 0 Å². The Bertz CT molecular complexity index is 1150. The highest BCUT2D eigenvalue weighted by atomic mass is 35.5. The number of hydrogen-bond donors (Lipinski definition) is 0. The van der Waals surface area contributed by atoms with Crippen molar-refractivity contribution < 1.29 is 0 Å². The first-order valence-electron chi connectivity index (χ1n) is 9.85. The number of halogens is 1. The largest absolute Gasteiger partial charge is 0.342 e. The fourth-order valence-corrected chi connectivity index (χ4v) is 4.47. The van der Waals surface area contributed by atoms with Crippen molar-refractivity contribution >= 4 is 34.1 Å². The lowest BCUT2D eigenvalue weighted by Gasteiger charge is -2.32. The van der Waals surface area contributed by atoms with E-state index < -0.39 is 0 Å². The molecule has 5 nitrogen and oxygen atoms in total. The van der Waals surface area contributed by atoms with Crippen LogP contribution >= 0.6 is 11.6 Å². The average Bonchev–Trinajstić information content (AvgIpc) is 3.19. The lowest BCUT2D eigenvalue weighted by Crippen LogP contribution is -2.35. The molecule has 0 aliphatic heterocycles. The average molecular weight is 392 g/mol. The van der Waals surface area contributed by atoms with Gasteiger partial charge in [-0.3, -0.25) is 0 Å². The molecular formula is C22H22ClN5. The van der Waals surface area contributed by atoms with Crippen LogP contribution in [0.1, 0.15) is 32.1 Å². The lowest BCUT2D eigenvalue weighted by atomic mass is 9.95. The number of aromatic nitrogens is 4. The Hall–Kier alpha value is -2.66. The summed E-state index contributed by atoms with van der Waals surface area (Å²) in [5, 5.41) is 10.7. The van der Waals surface area contributed by atoms with Gasteiger partial charge in [-0.1, -0.05) is 55.1 Å². The molecule has 1 aliphatic rings. The van der Waals surface area contributed by atoms with Gasteiger partial charge in [0.2, 0.25) is 5.95 Å². The molecule has 0 N–H and O–H groups in total. The van der Waals surface area contributed by atoms with Crippen LogP contribution < -0.4 is 4.90 Å². The van der Waals surface area contributed by atoms with Crippen LogP contribution in [0.5, 0.6) is 0 Å². The Labute approximate surface area is 169 Å². The van der Waals surface area contributed by atoms with E-state index in [1.54, 1.807) is 0 Å². The van der Waals surface area contributed by atoms with E-state index in [2.05, 4.69) is 26.5 Å². The predicted octanol–water partition coefficient (Wildman–Crippen LogP) is 5.37. The van der Waals surface area contributed by atoms with E-state index in [-0.39, 0.29) is 0 Å². The minimum absolute atomic E-state index is 0.479. The summed E-state index contributed by atoms with van der Waals surface area (Å²) in [6.45, 7) is 0. The molecule has 1 saturated carbocycles. The zero-order valence-corrected chi connectivity index (χ0v) is 16.6. The van der Waals surface area contributed by atoms with E-state index in [0.717, 1.165) is 33.9 Å². The normalized spacial score (nSPS) is 15.4. The highest BCUT2D eigenvalue weighted by molar-refractivity contribution is 6.33. The second-order valence-corrected chi connectivity index (χ2v) is 7.90. The molecule has 0 atom stereocenters. The van der Waals surface area contributed by atoms with Crippen LogP contribution in [0, 0.1) is 0 Å². The minimum atomic E-state index is 0.479. The topological polar surface area (TPSA) is 46.3 Å². The Balaban J connectivity index is 1.79. The van der Waals surface area contributed by atoms with Gasteiger partial charge in [-0.25, -0.2) is 9.38 Å². The van der Waals surface area contributed by atoms with Crippen LogP contribution in [0.25, 0.3) is 27.9 Å². The third-order valence-corrected chi connectivity index (χ3v) is 6.11. The maximum atomic E-state index is 6.50. The van der Waals surface area contributed by atoms with E-state index in [1.807, 2.05) is 48.5 Å². The summed E-state index contributed by atoms with van der Waals surface area (Å²) < 4.78 is 2.07. The van der Waals surface area contributed by atoms with Gasteiger partial charge in [-0.05, 0) is 37.1 Å². The van der Waals surface area contributed by atoms with Gasteiger partial charge in [0.15, 0.2) is 11.5 Å². The molecule has 1 fully saturated rings. The molecule has 4 aromatic rings. The summed E-state index contributed by atoms with van der Waals surface area (Å²) in [5.41, 5.74) is 2.62. The van der Waals surface area contributed by atoms with Gasteiger partial charge in [-0.2, -0.15) is 0 Å². The first-order valence-corrected chi connectivity index (χ1v) is 10.2. The highest BCUT2D eigenvalue weighted by Crippen LogP contribution is 2.33. The van der Waals surface area contributed by atoms with Gasteiger partial charge in [0, 0.05) is 24.0 Å². The van der Waals surface area contributed by atoms with Crippen LogP contribution in [-0.4, -0.2) is 32.7 Å². The SMILES string of the molecule is CN(c1nc2ccccc2c2nnc(-c3ccccc3Cl)n12)C1CCCCC1. The molecule has 2 aromatic heterocycles. The maximum Gasteiger partial charge on any atom is 0.213 e. The van der Waals surface area contributed by atoms with Gasteiger partial charge in [-0.15, -0.1) is 10.2 Å². The zero-order valence-electron chi connectivity index (χ0n) is 15.8. The summed E-state index contributed by atoms with van der Waals surface area (Å²) in [7, 11) is 2.14. The number of fused-ring (bicyclic) bond motifs is 3. The fourth-order valence-electron chi connectivity index (χ4n) is 4.25. The van der Waals surface area contributed by atoms with E-state index in [0.29, 0.717) is 11.1 Å². The van der Waals surface area contributed by atoms with Crippen LogP contribution in [0.2, 0.25) is 5.02 Å². The standard InChI is InChI=1S/C22H22ClN5/c1-27(15-9-3-2-4-10-15)22-24-19-14-8-6-12-17(19)21-26-25-20(28(21)22)16-11-5-7-13-18(16)23/h5-8,11-15H,2-4,9-10H2,1H3. The number of anilines is 1. The predicted molar refractivity (Wildman–Crippen MR) is 114 cm³/mol. The number of rotatable bonds is 3. The Kier molecular flexibility index (Phi) is 4.40. The molecule has 0 bridgehead atoms. The number of nitrogens with zero attached hydrogens (tertiary/aromatic N) is 5. The summed E-state index contributed by atoms with van der Waals surface area (Å²) in [6, 6.07) is 16.4. The Morgan fingerprint density at radius 3 is 2.54 bits per heavy atom. The first-order chi connectivity index (χ1) is 13.7. The minimum Gasteiger partial charge on any atom is -0.342 e. The molecule has 0 spiro atoms. The van der Waals surface area contributed by atoms with Crippen molar-refractivity contribution in [2.45, 2.75) is 38.1 Å². The summed E-state index contributed by atoms with van der Waals surface area (Å²) in [5.74, 6) is 1.61. The third-order valence-electron chi connectivity index (χ3n) is 5.78. The van der Waals surface area contributed by atoms with Gasteiger partial charge in [0.05, 0.1) is 10.5 Å².